The zero-order chi connectivity index (χ0) is 16.8. The second-order valence-electron chi connectivity index (χ2n) is 6.55. The number of aryl methyl sites for hydroxylation is 2. The van der Waals surface area contributed by atoms with Crippen molar-refractivity contribution in [1.29, 1.82) is 0 Å². The highest BCUT2D eigenvalue weighted by Gasteiger charge is 2.43. The first-order chi connectivity index (χ1) is 11.6. The molecule has 128 valence electrons. The minimum atomic E-state index is -0.203. The summed E-state index contributed by atoms with van der Waals surface area (Å²) in [5.41, 5.74) is 7.70. The third-order valence-corrected chi connectivity index (χ3v) is 6.40. The van der Waals surface area contributed by atoms with Crippen LogP contribution < -0.4 is 21.1 Å². The number of rotatable bonds is 2. The molecule has 4 rings (SSSR count). The first-order valence-corrected chi connectivity index (χ1v) is 9.10. The van der Waals surface area contributed by atoms with Gasteiger partial charge in [-0.2, -0.15) is 0 Å². The molecule has 3 atom stereocenters. The van der Waals surface area contributed by atoms with Crippen molar-refractivity contribution in [2.24, 2.45) is 5.92 Å². The quantitative estimate of drug-likeness (QED) is 0.744. The number of piperidine rings is 1. The van der Waals surface area contributed by atoms with Gasteiger partial charge in [-0.3, -0.25) is 10.2 Å². The van der Waals surface area contributed by atoms with Crippen molar-refractivity contribution in [3.05, 3.63) is 16.8 Å². The second-order valence-corrected chi connectivity index (χ2v) is 7.75. The molecule has 2 fully saturated rings. The maximum Gasteiger partial charge on any atom is 0.238 e. The van der Waals surface area contributed by atoms with Crippen molar-refractivity contribution >= 4 is 33.3 Å². The van der Waals surface area contributed by atoms with Gasteiger partial charge in [0.1, 0.15) is 23.0 Å². The summed E-state index contributed by atoms with van der Waals surface area (Å²) < 4.78 is 0. The minimum absolute atomic E-state index is 0.0345. The Bertz CT molecular complexity index is 790. The van der Waals surface area contributed by atoms with E-state index in [1.165, 1.54) is 10.4 Å². The number of aromatic nitrogens is 2. The lowest BCUT2D eigenvalue weighted by Crippen LogP contribution is -2.50. The van der Waals surface area contributed by atoms with Gasteiger partial charge in [-0.15, -0.1) is 11.3 Å². The van der Waals surface area contributed by atoms with E-state index in [-0.39, 0.29) is 17.9 Å². The molecule has 0 saturated carbocycles. The highest BCUT2D eigenvalue weighted by atomic mass is 32.1. The molecule has 0 spiro atoms. The molecule has 0 aromatic carbocycles. The minimum Gasteiger partial charge on any atom is -0.358 e. The molecule has 2 aromatic rings. The van der Waals surface area contributed by atoms with Crippen molar-refractivity contribution in [2.75, 3.05) is 25.0 Å². The van der Waals surface area contributed by atoms with E-state index in [2.05, 4.69) is 44.9 Å². The third kappa shape index (κ3) is 2.37. The van der Waals surface area contributed by atoms with Gasteiger partial charge in [0.2, 0.25) is 5.91 Å². The fourth-order valence-corrected chi connectivity index (χ4v) is 4.81. The normalized spacial score (nSPS) is 26.6. The summed E-state index contributed by atoms with van der Waals surface area (Å²) in [6.07, 6.45) is 2.64. The predicted octanol–water partition coefficient (Wildman–Crippen LogP) is 0.725. The highest BCUT2D eigenvalue weighted by Crippen LogP contribution is 2.36. The van der Waals surface area contributed by atoms with Gasteiger partial charge < -0.3 is 10.2 Å². The molecule has 24 heavy (non-hydrogen) atoms. The van der Waals surface area contributed by atoms with E-state index < -0.39 is 0 Å². The van der Waals surface area contributed by atoms with Crippen LogP contribution in [0.1, 0.15) is 16.9 Å². The lowest BCUT2D eigenvalue weighted by molar-refractivity contribution is -0.123. The van der Waals surface area contributed by atoms with Crippen LogP contribution in [-0.4, -0.2) is 48.1 Å². The Balaban J connectivity index is 1.67. The Kier molecular flexibility index (Phi) is 3.90. The number of amides is 1. The summed E-state index contributed by atoms with van der Waals surface area (Å²) >= 11 is 1.72. The van der Waals surface area contributed by atoms with E-state index >= 15 is 0 Å². The van der Waals surface area contributed by atoms with Crippen LogP contribution in [0.2, 0.25) is 0 Å². The van der Waals surface area contributed by atoms with Crippen LogP contribution in [0.3, 0.4) is 0 Å². The average Bonchev–Trinajstić information content (AvgIpc) is 3.15. The van der Waals surface area contributed by atoms with Crippen LogP contribution in [0.4, 0.5) is 5.82 Å². The number of nitrogens with zero attached hydrogens (tertiary/aromatic N) is 3. The van der Waals surface area contributed by atoms with E-state index in [0.717, 1.165) is 35.5 Å². The average molecular weight is 346 g/mol. The maximum atomic E-state index is 12.1. The summed E-state index contributed by atoms with van der Waals surface area (Å²) in [5, 5.41) is 3.91. The zero-order valence-electron chi connectivity index (χ0n) is 14.1. The van der Waals surface area contributed by atoms with Gasteiger partial charge in [-0.25, -0.2) is 15.4 Å². The SMILES string of the molecule is CNC(=O)C1NNC2CCN(c3ncnc4sc(C)c(C)c34)CC21. The monoisotopic (exact) mass is 346 g/mol. The Morgan fingerprint density at radius 1 is 1.38 bits per heavy atom. The number of likely N-dealkylation sites (N-methyl/N-ethyl adjacent to an activating group) is 1. The molecule has 7 nitrogen and oxygen atoms in total. The van der Waals surface area contributed by atoms with Crippen molar-refractivity contribution in [3.63, 3.8) is 0 Å². The van der Waals surface area contributed by atoms with Crippen LogP contribution in [0.5, 0.6) is 0 Å². The molecule has 1 amide bonds. The first-order valence-electron chi connectivity index (χ1n) is 8.28. The molecule has 3 N–H and O–H groups in total. The van der Waals surface area contributed by atoms with Gasteiger partial charge in [0, 0.05) is 37.0 Å². The number of fused-ring (bicyclic) bond motifs is 2. The van der Waals surface area contributed by atoms with E-state index in [1.54, 1.807) is 24.7 Å². The number of hydrogen-bond acceptors (Lipinski definition) is 7. The zero-order valence-corrected chi connectivity index (χ0v) is 14.9. The summed E-state index contributed by atoms with van der Waals surface area (Å²) in [6.45, 7) is 6.00. The Morgan fingerprint density at radius 2 is 2.21 bits per heavy atom. The van der Waals surface area contributed by atoms with E-state index in [0.29, 0.717) is 6.04 Å². The van der Waals surface area contributed by atoms with Gasteiger partial charge in [0.15, 0.2) is 0 Å². The molecule has 2 saturated heterocycles. The molecule has 0 bridgehead atoms. The number of hydrazine groups is 1. The van der Waals surface area contributed by atoms with Gasteiger partial charge in [0.25, 0.3) is 0 Å². The van der Waals surface area contributed by atoms with Crippen LogP contribution in [0, 0.1) is 19.8 Å². The molecule has 4 heterocycles. The third-order valence-electron chi connectivity index (χ3n) is 5.28. The van der Waals surface area contributed by atoms with Crippen LogP contribution in [0.25, 0.3) is 10.2 Å². The molecule has 2 aliphatic rings. The molecular weight excluding hydrogens is 324 g/mol. The van der Waals surface area contributed by atoms with Crippen molar-refractivity contribution < 1.29 is 4.79 Å². The Morgan fingerprint density at radius 3 is 3.00 bits per heavy atom. The van der Waals surface area contributed by atoms with Crippen molar-refractivity contribution in [1.82, 2.24) is 26.1 Å². The number of nitrogens with one attached hydrogen (secondary N) is 3. The lowest BCUT2D eigenvalue weighted by Gasteiger charge is -2.36. The summed E-state index contributed by atoms with van der Waals surface area (Å²) in [4.78, 5) is 25.8. The topological polar surface area (TPSA) is 82.2 Å². The predicted molar refractivity (Wildman–Crippen MR) is 95.1 cm³/mol. The first kappa shape index (κ1) is 15.7. The maximum absolute atomic E-state index is 12.1. The molecule has 2 aliphatic heterocycles. The van der Waals surface area contributed by atoms with E-state index in [1.807, 2.05) is 0 Å². The van der Waals surface area contributed by atoms with E-state index in [4.69, 9.17) is 0 Å². The fraction of sp³-hybridized carbons (Fsp3) is 0.562. The highest BCUT2D eigenvalue weighted by molar-refractivity contribution is 7.18. The van der Waals surface area contributed by atoms with Gasteiger partial charge >= 0.3 is 0 Å². The summed E-state index contributed by atoms with van der Waals surface area (Å²) in [6, 6.07) is 0.122. The number of thiophene rings is 1. The van der Waals surface area contributed by atoms with Gasteiger partial charge in [-0.1, -0.05) is 0 Å². The Labute approximate surface area is 144 Å². The molecule has 3 unspecified atom stereocenters. The van der Waals surface area contributed by atoms with Crippen LogP contribution in [0.15, 0.2) is 6.33 Å². The number of carbonyl (C=O) groups excluding carboxylic acids is 1. The molecule has 0 radical (unpaired) electrons. The largest absolute Gasteiger partial charge is 0.358 e. The number of carbonyl (C=O) groups is 1. The summed E-state index contributed by atoms with van der Waals surface area (Å²) in [5.74, 6) is 1.26. The standard InChI is InChI=1S/C16H22N6OS/c1-8-9(2)24-16-12(8)14(18-7-19-16)22-5-4-11-10(6-22)13(21-20-11)15(23)17-3/h7,10-11,13,20-21H,4-6H2,1-3H3,(H,17,23). The Hall–Kier alpha value is -1.77. The molecule has 0 aliphatic carbocycles. The van der Waals surface area contributed by atoms with Crippen LogP contribution >= 0.6 is 11.3 Å². The lowest BCUT2D eigenvalue weighted by atomic mass is 9.88. The van der Waals surface area contributed by atoms with Crippen molar-refractivity contribution in [2.45, 2.75) is 32.4 Å². The number of hydrogen-bond donors (Lipinski definition) is 3. The molecule has 8 heteroatoms. The second kappa shape index (κ2) is 5.94. The van der Waals surface area contributed by atoms with Gasteiger partial charge in [0.05, 0.1) is 5.39 Å². The number of anilines is 1. The fourth-order valence-electron chi connectivity index (χ4n) is 3.81. The molecular formula is C16H22N6OS. The van der Waals surface area contributed by atoms with Crippen molar-refractivity contribution in [3.8, 4) is 0 Å². The smallest absolute Gasteiger partial charge is 0.238 e. The summed E-state index contributed by atoms with van der Waals surface area (Å²) in [7, 11) is 1.68. The molecule has 2 aromatic heterocycles. The van der Waals surface area contributed by atoms with E-state index in [9.17, 15) is 4.79 Å². The van der Waals surface area contributed by atoms with Crippen LogP contribution in [-0.2, 0) is 4.79 Å². The van der Waals surface area contributed by atoms with Gasteiger partial charge in [-0.05, 0) is 25.8 Å².